The van der Waals surface area contributed by atoms with Crippen LogP contribution in [-0.4, -0.2) is 7.11 Å². The summed E-state index contributed by atoms with van der Waals surface area (Å²) in [7, 11) is 1.64. The van der Waals surface area contributed by atoms with Crippen LogP contribution in [0.15, 0.2) is 24.1 Å². The molecule has 3 heteroatoms. The molecule has 0 bridgehead atoms. The molecule has 1 rings (SSSR count). The third-order valence-electron chi connectivity index (χ3n) is 1.41. The Hall–Kier alpha value is -0.800. The fraction of sp³-hybridized carbons (Fsp3) is 0.250. The lowest BCUT2D eigenvalue weighted by atomic mass is 10.2. The number of nitrogens with two attached hydrogens (primary N) is 1. The van der Waals surface area contributed by atoms with Gasteiger partial charge in [0.15, 0.2) is 0 Å². The first-order valence-corrected chi connectivity index (χ1v) is 4.16. The monoisotopic (exact) mass is 169 g/mol. The van der Waals surface area contributed by atoms with E-state index in [0.717, 1.165) is 10.6 Å². The van der Waals surface area contributed by atoms with E-state index < -0.39 is 0 Å². The van der Waals surface area contributed by atoms with Gasteiger partial charge in [0.2, 0.25) is 0 Å². The van der Waals surface area contributed by atoms with Crippen molar-refractivity contribution < 1.29 is 4.74 Å². The van der Waals surface area contributed by atoms with E-state index in [1.165, 1.54) is 0 Å². The summed E-state index contributed by atoms with van der Waals surface area (Å²) in [5.74, 6) is 0.863. The van der Waals surface area contributed by atoms with Crippen LogP contribution in [0.4, 0.5) is 0 Å². The highest BCUT2D eigenvalue weighted by atomic mass is 32.1. The van der Waals surface area contributed by atoms with E-state index in [-0.39, 0.29) is 6.04 Å². The molecule has 2 nitrogen and oxygen atoms in total. The van der Waals surface area contributed by atoms with Crippen molar-refractivity contribution in [1.29, 1.82) is 0 Å². The molecule has 0 saturated heterocycles. The molecule has 0 radical (unpaired) electrons. The second kappa shape index (κ2) is 3.55. The minimum atomic E-state index is -0.0658. The molecule has 0 saturated carbocycles. The van der Waals surface area contributed by atoms with Crippen molar-refractivity contribution in [3.05, 3.63) is 29.0 Å². The molecule has 1 atom stereocenters. The zero-order valence-electron chi connectivity index (χ0n) is 6.41. The molecule has 0 aliphatic rings. The van der Waals surface area contributed by atoms with Crippen molar-refractivity contribution >= 4 is 11.3 Å². The van der Waals surface area contributed by atoms with Crippen LogP contribution in [0.2, 0.25) is 0 Å². The normalized spacial score (nSPS) is 12.5. The SMILES string of the molecule is C=C[C@H](N)c1cc(OC)cs1. The Morgan fingerprint density at radius 2 is 2.55 bits per heavy atom. The first-order valence-electron chi connectivity index (χ1n) is 3.28. The molecule has 0 spiro atoms. The van der Waals surface area contributed by atoms with Gasteiger partial charge in [-0.3, -0.25) is 0 Å². The highest BCUT2D eigenvalue weighted by Crippen LogP contribution is 2.25. The second-order valence-electron chi connectivity index (χ2n) is 2.15. The van der Waals surface area contributed by atoms with Crippen molar-refractivity contribution in [1.82, 2.24) is 0 Å². The Labute approximate surface area is 70.3 Å². The molecule has 1 aromatic heterocycles. The standard InChI is InChI=1S/C8H11NOS/c1-3-7(9)8-4-6(10-2)5-11-8/h3-5,7H,1,9H2,2H3/t7-/m0/s1. The van der Waals surface area contributed by atoms with Crippen LogP contribution < -0.4 is 10.5 Å². The molecule has 0 aliphatic heterocycles. The Bertz CT molecular complexity index is 244. The summed E-state index contributed by atoms with van der Waals surface area (Å²) in [5.41, 5.74) is 5.70. The van der Waals surface area contributed by atoms with Crippen LogP contribution in [0.1, 0.15) is 10.9 Å². The largest absolute Gasteiger partial charge is 0.496 e. The Morgan fingerprint density at radius 3 is 3.00 bits per heavy atom. The molecular formula is C8H11NOS. The van der Waals surface area contributed by atoms with Gasteiger partial charge in [-0.1, -0.05) is 6.08 Å². The maximum Gasteiger partial charge on any atom is 0.129 e. The van der Waals surface area contributed by atoms with E-state index in [9.17, 15) is 0 Å². The van der Waals surface area contributed by atoms with Crippen LogP contribution in [0, 0.1) is 0 Å². The molecule has 11 heavy (non-hydrogen) atoms. The number of hydrogen-bond donors (Lipinski definition) is 1. The molecule has 1 heterocycles. The average molecular weight is 169 g/mol. The lowest BCUT2D eigenvalue weighted by Crippen LogP contribution is -2.03. The number of hydrogen-bond acceptors (Lipinski definition) is 3. The molecule has 0 unspecified atom stereocenters. The molecule has 2 N–H and O–H groups in total. The summed E-state index contributed by atoms with van der Waals surface area (Å²) < 4.78 is 5.01. The molecule has 1 aromatic rings. The van der Waals surface area contributed by atoms with Crippen LogP contribution >= 0.6 is 11.3 Å². The Morgan fingerprint density at radius 1 is 1.82 bits per heavy atom. The fourth-order valence-corrected chi connectivity index (χ4v) is 1.59. The van der Waals surface area contributed by atoms with Gasteiger partial charge >= 0.3 is 0 Å². The van der Waals surface area contributed by atoms with E-state index in [0.29, 0.717) is 0 Å². The molecule has 0 fully saturated rings. The molecular weight excluding hydrogens is 158 g/mol. The van der Waals surface area contributed by atoms with Crippen LogP contribution in [-0.2, 0) is 0 Å². The highest BCUT2D eigenvalue weighted by Gasteiger charge is 2.04. The van der Waals surface area contributed by atoms with E-state index in [2.05, 4.69) is 6.58 Å². The van der Waals surface area contributed by atoms with Gasteiger partial charge in [0, 0.05) is 10.3 Å². The smallest absolute Gasteiger partial charge is 0.129 e. The third kappa shape index (κ3) is 1.82. The van der Waals surface area contributed by atoms with Gasteiger partial charge in [0.25, 0.3) is 0 Å². The lowest BCUT2D eigenvalue weighted by Gasteiger charge is -1.99. The van der Waals surface area contributed by atoms with Gasteiger partial charge in [-0.15, -0.1) is 17.9 Å². The van der Waals surface area contributed by atoms with E-state index >= 15 is 0 Å². The van der Waals surface area contributed by atoms with Crippen LogP contribution in [0.25, 0.3) is 0 Å². The second-order valence-corrected chi connectivity index (χ2v) is 3.09. The zero-order chi connectivity index (χ0) is 8.27. The first-order chi connectivity index (χ1) is 5.27. The van der Waals surface area contributed by atoms with Crippen LogP contribution in [0.5, 0.6) is 5.75 Å². The zero-order valence-corrected chi connectivity index (χ0v) is 7.23. The van der Waals surface area contributed by atoms with Crippen molar-refractivity contribution in [2.75, 3.05) is 7.11 Å². The first kappa shape index (κ1) is 8.30. The van der Waals surface area contributed by atoms with Gasteiger partial charge in [0.05, 0.1) is 13.2 Å². The van der Waals surface area contributed by atoms with Crippen LogP contribution in [0.3, 0.4) is 0 Å². The molecule has 0 aliphatic carbocycles. The summed E-state index contributed by atoms with van der Waals surface area (Å²) in [5, 5.41) is 1.93. The number of methoxy groups -OCH3 is 1. The number of thiophene rings is 1. The van der Waals surface area contributed by atoms with Gasteiger partial charge in [-0.25, -0.2) is 0 Å². The summed E-state index contributed by atoms with van der Waals surface area (Å²) in [6.45, 7) is 3.61. The summed E-state index contributed by atoms with van der Waals surface area (Å²) in [4.78, 5) is 1.08. The Kier molecular flexibility index (Phi) is 2.68. The maximum absolute atomic E-state index is 5.70. The summed E-state index contributed by atoms with van der Waals surface area (Å²) in [6.07, 6.45) is 1.71. The quantitative estimate of drug-likeness (QED) is 0.702. The van der Waals surface area contributed by atoms with E-state index in [4.69, 9.17) is 10.5 Å². The minimum absolute atomic E-state index is 0.0658. The van der Waals surface area contributed by atoms with Gasteiger partial charge in [0.1, 0.15) is 5.75 Å². The van der Waals surface area contributed by atoms with Gasteiger partial charge in [-0.2, -0.15) is 0 Å². The van der Waals surface area contributed by atoms with Crippen molar-refractivity contribution in [3.63, 3.8) is 0 Å². The van der Waals surface area contributed by atoms with Crippen molar-refractivity contribution in [2.24, 2.45) is 5.73 Å². The maximum atomic E-state index is 5.70. The van der Waals surface area contributed by atoms with Crippen molar-refractivity contribution in [2.45, 2.75) is 6.04 Å². The lowest BCUT2D eigenvalue weighted by molar-refractivity contribution is 0.416. The predicted molar refractivity (Wildman–Crippen MR) is 48.0 cm³/mol. The van der Waals surface area contributed by atoms with Crippen molar-refractivity contribution in [3.8, 4) is 5.75 Å². The fourth-order valence-electron chi connectivity index (χ4n) is 0.732. The summed E-state index contributed by atoms with van der Waals surface area (Å²) >= 11 is 1.59. The molecule has 0 aromatic carbocycles. The number of rotatable bonds is 3. The minimum Gasteiger partial charge on any atom is -0.496 e. The third-order valence-corrected chi connectivity index (χ3v) is 2.43. The van der Waals surface area contributed by atoms with E-state index in [1.807, 2.05) is 11.4 Å². The molecule has 0 amide bonds. The van der Waals surface area contributed by atoms with Gasteiger partial charge < -0.3 is 10.5 Å². The average Bonchev–Trinajstić information content (AvgIpc) is 2.50. The number of ether oxygens (including phenoxy) is 1. The van der Waals surface area contributed by atoms with Gasteiger partial charge in [-0.05, 0) is 6.07 Å². The molecule has 60 valence electrons. The summed E-state index contributed by atoms with van der Waals surface area (Å²) in [6, 6.07) is 1.86. The Balaban J connectivity index is 2.79. The predicted octanol–water partition coefficient (Wildman–Crippen LogP) is 1.94. The van der Waals surface area contributed by atoms with E-state index in [1.54, 1.807) is 24.5 Å². The topological polar surface area (TPSA) is 35.2 Å². The highest BCUT2D eigenvalue weighted by molar-refractivity contribution is 7.10.